The number of fused-ring (bicyclic) bond motifs is 2. The number of benzene rings is 3. The second kappa shape index (κ2) is 6.44. The maximum Gasteiger partial charge on any atom is 0.162 e. The van der Waals surface area contributed by atoms with Gasteiger partial charge in [0, 0.05) is 17.6 Å². The number of hydrogen-bond donors (Lipinski definition) is 1. The molecule has 0 aliphatic heterocycles. The Morgan fingerprint density at radius 1 is 0.769 bits per heavy atom. The van der Waals surface area contributed by atoms with Crippen molar-refractivity contribution in [1.82, 2.24) is 4.98 Å². The Labute approximate surface area is 150 Å². The number of methoxy groups -OCH3 is 2. The van der Waals surface area contributed by atoms with E-state index in [9.17, 15) is 5.11 Å². The van der Waals surface area contributed by atoms with Gasteiger partial charge < -0.3 is 19.3 Å². The molecule has 1 N–H and O–H groups in total. The number of phenolic OH excluding ortho intramolecular Hbond substituents is 1. The van der Waals surface area contributed by atoms with Gasteiger partial charge >= 0.3 is 0 Å². The van der Waals surface area contributed by atoms with Crippen molar-refractivity contribution >= 4 is 21.7 Å². The number of phenols is 1. The monoisotopic (exact) mass is 347 g/mol. The van der Waals surface area contributed by atoms with Gasteiger partial charge in [0.2, 0.25) is 0 Å². The molecule has 0 saturated heterocycles. The molecule has 5 heteroatoms. The molecule has 4 rings (SSSR count). The van der Waals surface area contributed by atoms with Crippen LogP contribution >= 0.6 is 0 Å². The van der Waals surface area contributed by atoms with Gasteiger partial charge in [-0.1, -0.05) is 12.1 Å². The highest BCUT2D eigenvalue weighted by Gasteiger charge is 2.11. The van der Waals surface area contributed by atoms with Crippen molar-refractivity contribution in [3.05, 3.63) is 60.8 Å². The predicted molar refractivity (Wildman–Crippen MR) is 101 cm³/mol. The Morgan fingerprint density at radius 2 is 1.54 bits per heavy atom. The highest BCUT2D eigenvalue weighted by atomic mass is 16.5. The third kappa shape index (κ3) is 2.84. The maximum atomic E-state index is 9.68. The second-order valence-corrected chi connectivity index (χ2v) is 5.83. The first-order chi connectivity index (χ1) is 12.7. The molecule has 1 aromatic heterocycles. The normalized spacial score (nSPS) is 10.8. The molecule has 26 heavy (non-hydrogen) atoms. The third-order valence-corrected chi connectivity index (χ3v) is 4.23. The van der Waals surface area contributed by atoms with Crippen LogP contribution in [0.4, 0.5) is 0 Å². The zero-order valence-corrected chi connectivity index (χ0v) is 14.4. The molecule has 0 aliphatic carbocycles. The van der Waals surface area contributed by atoms with Crippen molar-refractivity contribution in [3.8, 4) is 28.7 Å². The van der Waals surface area contributed by atoms with Gasteiger partial charge in [-0.15, -0.1) is 0 Å². The summed E-state index contributed by atoms with van der Waals surface area (Å²) in [6.45, 7) is 0. The molecule has 0 aliphatic rings. The molecule has 0 fully saturated rings. The number of nitrogens with zero attached hydrogens (tertiary/aromatic N) is 1. The summed E-state index contributed by atoms with van der Waals surface area (Å²) in [6.07, 6.45) is 1.69. The molecule has 0 atom stereocenters. The Balaban J connectivity index is 1.79. The Kier molecular flexibility index (Phi) is 3.97. The van der Waals surface area contributed by atoms with Crippen LogP contribution in [0.5, 0.6) is 28.7 Å². The average molecular weight is 347 g/mol. The van der Waals surface area contributed by atoms with Gasteiger partial charge in [0.15, 0.2) is 11.5 Å². The highest BCUT2D eigenvalue weighted by Crippen LogP contribution is 2.37. The van der Waals surface area contributed by atoms with Crippen LogP contribution in [-0.4, -0.2) is 24.3 Å². The molecule has 0 unspecified atom stereocenters. The van der Waals surface area contributed by atoms with E-state index in [0.717, 1.165) is 21.7 Å². The van der Waals surface area contributed by atoms with Gasteiger partial charge in [-0.3, -0.25) is 4.98 Å². The average Bonchev–Trinajstić information content (AvgIpc) is 2.66. The molecular weight excluding hydrogens is 330 g/mol. The molecule has 4 aromatic rings. The van der Waals surface area contributed by atoms with Crippen LogP contribution in [0.3, 0.4) is 0 Å². The van der Waals surface area contributed by atoms with Crippen LogP contribution in [-0.2, 0) is 0 Å². The minimum atomic E-state index is 0.223. The molecule has 0 bridgehead atoms. The first kappa shape index (κ1) is 16.0. The Bertz CT molecular complexity index is 1110. The van der Waals surface area contributed by atoms with E-state index in [1.807, 2.05) is 36.4 Å². The molecule has 1 heterocycles. The van der Waals surface area contributed by atoms with Crippen LogP contribution in [0.1, 0.15) is 0 Å². The molecule has 0 spiro atoms. The topological polar surface area (TPSA) is 60.8 Å². The van der Waals surface area contributed by atoms with E-state index in [2.05, 4.69) is 4.98 Å². The quantitative estimate of drug-likeness (QED) is 0.569. The van der Waals surface area contributed by atoms with E-state index >= 15 is 0 Å². The zero-order chi connectivity index (χ0) is 18.1. The van der Waals surface area contributed by atoms with Gasteiger partial charge in [-0.25, -0.2) is 0 Å². The van der Waals surface area contributed by atoms with Crippen molar-refractivity contribution in [2.24, 2.45) is 0 Å². The molecule has 0 radical (unpaired) electrons. The highest BCUT2D eigenvalue weighted by molar-refractivity contribution is 5.89. The summed E-state index contributed by atoms with van der Waals surface area (Å²) in [4.78, 5) is 4.38. The van der Waals surface area contributed by atoms with Crippen molar-refractivity contribution in [3.63, 3.8) is 0 Å². The molecule has 3 aromatic carbocycles. The summed E-state index contributed by atoms with van der Waals surface area (Å²) >= 11 is 0. The van der Waals surface area contributed by atoms with E-state index in [1.165, 1.54) is 0 Å². The minimum absolute atomic E-state index is 0.223. The summed E-state index contributed by atoms with van der Waals surface area (Å²) in [5.74, 6) is 2.79. The van der Waals surface area contributed by atoms with Gasteiger partial charge in [0.05, 0.1) is 19.7 Å². The lowest BCUT2D eigenvalue weighted by Gasteiger charge is -2.12. The number of aromatic hydroxyl groups is 1. The molecule has 130 valence electrons. The molecule has 5 nitrogen and oxygen atoms in total. The third-order valence-electron chi connectivity index (χ3n) is 4.23. The van der Waals surface area contributed by atoms with Crippen molar-refractivity contribution in [2.75, 3.05) is 14.2 Å². The lowest BCUT2D eigenvalue weighted by molar-refractivity contribution is 0.355. The van der Waals surface area contributed by atoms with Crippen LogP contribution in [0.25, 0.3) is 21.7 Å². The first-order valence-corrected chi connectivity index (χ1v) is 8.09. The number of ether oxygens (including phenoxy) is 3. The van der Waals surface area contributed by atoms with E-state index in [0.29, 0.717) is 23.0 Å². The van der Waals surface area contributed by atoms with Crippen LogP contribution in [0, 0.1) is 0 Å². The van der Waals surface area contributed by atoms with Crippen molar-refractivity contribution in [2.45, 2.75) is 0 Å². The number of pyridine rings is 1. The van der Waals surface area contributed by atoms with E-state index in [1.54, 1.807) is 38.6 Å². The molecular formula is C21H17NO4. The van der Waals surface area contributed by atoms with E-state index in [4.69, 9.17) is 14.2 Å². The lowest BCUT2D eigenvalue weighted by Crippen LogP contribution is -1.93. The summed E-state index contributed by atoms with van der Waals surface area (Å²) in [5.41, 5.74) is 0.749. The van der Waals surface area contributed by atoms with Crippen molar-refractivity contribution < 1.29 is 19.3 Å². The van der Waals surface area contributed by atoms with Gasteiger partial charge in [-0.05, 0) is 47.2 Å². The fourth-order valence-electron chi connectivity index (χ4n) is 2.94. The van der Waals surface area contributed by atoms with E-state index < -0.39 is 0 Å². The fraction of sp³-hybridized carbons (Fsp3) is 0.0952. The number of hydrogen-bond acceptors (Lipinski definition) is 5. The molecule has 0 saturated carbocycles. The van der Waals surface area contributed by atoms with Crippen LogP contribution in [0.2, 0.25) is 0 Å². The molecule has 0 amide bonds. The van der Waals surface area contributed by atoms with Gasteiger partial charge in [-0.2, -0.15) is 0 Å². The Morgan fingerprint density at radius 3 is 2.35 bits per heavy atom. The van der Waals surface area contributed by atoms with Crippen molar-refractivity contribution in [1.29, 1.82) is 0 Å². The lowest BCUT2D eigenvalue weighted by atomic mass is 10.1. The summed E-state index contributed by atoms with van der Waals surface area (Å²) in [6, 6.07) is 16.5. The second-order valence-electron chi connectivity index (χ2n) is 5.83. The SMILES string of the molecule is COc1cc2nccc(Oc3ccc4ccc(O)cc4c3)c2cc1OC. The first-order valence-electron chi connectivity index (χ1n) is 8.09. The van der Waals surface area contributed by atoms with Gasteiger partial charge in [0.25, 0.3) is 0 Å². The van der Waals surface area contributed by atoms with Gasteiger partial charge in [0.1, 0.15) is 17.2 Å². The van der Waals surface area contributed by atoms with E-state index in [-0.39, 0.29) is 5.75 Å². The summed E-state index contributed by atoms with van der Waals surface area (Å²) < 4.78 is 16.8. The zero-order valence-electron chi connectivity index (χ0n) is 14.4. The summed E-state index contributed by atoms with van der Waals surface area (Å²) in [5, 5.41) is 12.4. The largest absolute Gasteiger partial charge is 0.508 e. The van der Waals surface area contributed by atoms with Crippen LogP contribution in [0.15, 0.2) is 60.8 Å². The Hall–Kier alpha value is -3.47. The summed E-state index contributed by atoms with van der Waals surface area (Å²) in [7, 11) is 3.19. The smallest absolute Gasteiger partial charge is 0.162 e. The van der Waals surface area contributed by atoms with Crippen LogP contribution < -0.4 is 14.2 Å². The maximum absolute atomic E-state index is 9.68. The predicted octanol–water partition coefficient (Wildman–Crippen LogP) is 4.90. The number of rotatable bonds is 4. The minimum Gasteiger partial charge on any atom is -0.508 e. The fourth-order valence-corrected chi connectivity index (χ4v) is 2.94. The number of aromatic nitrogens is 1. The standard InChI is InChI=1S/C21H17NO4/c1-24-20-11-17-18(12-21(20)25-2)22-8-7-19(17)26-16-6-4-13-3-5-15(23)9-14(13)10-16/h3-12,23H,1-2H3.